The zero-order chi connectivity index (χ0) is 7.68. The second-order valence-corrected chi connectivity index (χ2v) is 3.89. The SMILES string of the molecule is CC1S[C]=NN1c1nncs1. The predicted octanol–water partition coefficient (Wildman–Crippen LogP) is 1.26. The maximum atomic E-state index is 4.01. The third-order valence-electron chi connectivity index (χ3n) is 1.26. The molecule has 1 atom stereocenters. The van der Waals surface area contributed by atoms with Gasteiger partial charge in [-0.1, -0.05) is 23.1 Å². The molecule has 1 aromatic heterocycles. The summed E-state index contributed by atoms with van der Waals surface area (Å²) in [7, 11) is 0. The van der Waals surface area contributed by atoms with E-state index in [1.807, 2.05) is 5.01 Å². The minimum absolute atomic E-state index is 0.294. The standard InChI is InChI=1S/C5H5N4S2/c1-4-9(7-3-10-4)5-8-6-2-11-5/h2,4H,1H3. The first-order valence-corrected chi connectivity index (χ1v) is 4.80. The second-order valence-electron chi connectivity index (χ2n) is 1.97. The molecule has 2 heterocycles. The van der Waals surface area contributed by atoms with E-state index in [1.165, 1.54) is 11.3 Å². The van der Waals surface area contributed by atoms with Gasteiger partial charge in [0.2, 0.25) is 5.13 Å². The molecule has 0 N–H and O–H groups in total. The number of thioether (sulfide) groups is 1. The molecule has 57 valence electrons. The summed E-state index contributed by atoms with van der Waals surface area (Å²) in [6, 6.07) is 0. The Morgan fingerprint density at radius 2 is 2.64 bits per heavy atom. The molecule has 0 aliphatic carbocycles. The second kappa shape index (κ2) is 2.78. The van der Waals surface area contributed by atoms with Crippen LogP contribution in [0.3, 0.4) is 0 Å². The Bertz CT molecular complexity index is 257. The molecule has 1 aliphatic heterocycles. The molecule has 0 aromatic carbocycles. The number of nitrogens with zero attached hydrogens (tertiary/aromatic N) is 4. The number of anilines is 1. The van der Waals surface area contributed by atoms with Gasteiger partial charge >= 0.3 is 0 Å². The molecule has 0 spiro atoms. The highest BCUT2D eigenvalue weighted by Gasteiger charge is 2.20. The lowest BCUT2D eigenvalue weighted by molar-refractivity contribution is 0.843. The fourth-order valence-electron chi connectivity index (χ4n) is 0.740. The number of hydrazone groups is 1. The third kappa shape index (κ3) is 1.23. The van der Waals surface area contributed by atoms with Crippen LogP contribution in [-0.4, -0.2) is 21.1 Å². The van der Waals surface area contributed by atoms with E-state index in [-0.39, 0.29) is 0 Å². The summed E-state index contributed by atoms with van der Waals surface area (Å²) in [6.45, 7) is 2.05. The van der Waals surface area contributed by atoms with Crippen LogP contribution in [0.25, 0.3) is 0 Å². The molecule has 11 heavy (non-hydrogen) atoms. The molecule has 4 nitrogen and oxygen atoms in total. The maximum Gasteiger partial charge on any atom is 0.229 e. The number of hydrogen-bond acceptors (Lipinski definition) is 6. The van der Waals surface area contributed by atoms with Crippen LogP contribution in [0, 0.1) is 0 Å². The molecule has 1 aromatic rings. The largest absolute Gasteiger partial charge is 0.229 e. The summed E-state index contributed by atoms with van der Waals surface area (Å²) in [5.41, 5.74) is 4.51. The van der Waals surface area contributed by atoms with Gasteiger partial charge in [-0.05, 0) is 6.92 Å². The van der Waals surface area contributed by atoms with E-state index in [0.717, 1.165) is 5.13 Å². The van der Waals surface area contributed by atoms with Crippen molar-refractivity contribution in [3.63, 3.8) is 0 Å². The van der Waals surface area contributed by atoms with E-state index in [2.05, 4.69) is 27.8 Å². The minimum Gasteiger partial charge on any atom is -0.223 e. The van der Waals surface area contributed by atoms with Crippen LogP contribution in [-0.2, 0) is 0 Å². The quantitative estimate of drug-likeness (QED) is 0.660. The van der Waals surface area contributed by atoms with Gasteiger partial charge in [-0.2, -0.15) is 5.10 Å². The van der Waals surface area contributed by atoms with Gasteiger partial charge in [-0.15, -0.1) is 10.2 Å². The van der Waals surface area contributed by atoms with Crippen molar-refractivity contribution >= 4 is 33.8 Å². The van der Waals surface area contributed by atoms with Crippen molar-refractivity contribution in [1.29, 1.82) is 0 Å². The first kappa shape index (κ1) is 7.05. The van der Waals surface area contributed by atoms with E-state index in [9.17, 15) is 0 Å². The van der Waals surface area contributed by atoms with Crippen molar-refractivity contribution in [3.8, 4) is 0 Å². The van der Waals surface area contributed by atoms with Gasteiger partial charge in [0.15, 0.2) is 5.55 Å². The van der Waals surface area contributed by atoms with Crippen molar-refractivity contribution in [2.45, 2.75) is 12.3 Å². The molecule has 1 radical (unpaired) electrons. The smallest absolute Gasteiger partial charge is 0.223 e. The summed E-state index contributed by atoms with van der Waals surface area (Å²) in [4.78, 5) is 0. The van der Waals surface area contributed by atoms with Crippen LogP contribution < -0.4 is 5.01 Å². The van der Waals surface area contributed by atoms with E-state index in [0.29, 0.717) is 5.37 Å². The lowest BCUT2D eigenvalue weighted by Gasteiger charge is -2.13. The van der Waals surface area contributed by atoms with E-state index < -0.39 is 0 Å². The normalized spacial score (nSPS) is 23.0. The highest BCUT2D eigenvalue weighted by molar-refractivity contribution is 8.12. The average Bonchev–Trinajstić information content (AvgIpc) is 2.55. The van der Waals surface area contributed by atoms with Crippen molar-refractivity contribution in [1.82, 2.24) is 10.2 Å². The van der Waals surface area contributed by atoms with Gasteiger partial charge in [0, 0.05) is 0 Å². The molecule has 0 amide bonds. The van der Waals surface area contributed by atoms with Gasteiger partial charge in [0.25, 0.3) is 0 Å². The summed E-state index contributed by atoms with van der Waals surface area (Å²) < 4.78 is 0. The summed E-state index contributed by atoms with van der Waals surface area (Å²) in [5.74, 6) is 0. The van der Waals surface area contributed by atoms with Gasteiger partial charge in [-0.3, -0.25) is 0 Å². The van der Waals surface area contributed by atoms with Gasteiger partial charge in [0.05, 0.1) is 0 Å². The van der Waals surface area contributed by atoms with Gasteiger partial charge in [0.1, 0.15) is 10.9 Å². The van der Waals surface area contributed by atoms with E-state index >= 15 is 0 Å². The molecule has 1 unspecified atom stereocenters. The average molecular weight is 185 g/mol. The molecular formula is C5H5N4S2. The Labute approximate surface area is 72.3 Å². The Kier molecular flexibility index (Phi) is 1.79. The van der Waals surface area contributed by atoms with Crippen LogP contribution in [0.4, 0.5) is 5.13 Å². The predicted molar refractivity (Wildman–Crippen MR) is 46.9 cm³/mol. The van der Waals surface area contributed by atoms with Gasteiger partial charge < -0.3 is 0 Å². The third-order valence-corrected chi connectivity index (χ3v) is 2.67. The lowest BCUT2D eigenvalue weighted by Crippen LogP contribution is -2.19. The Morgan fingerprint density at radius 1 is 1.73 bits per heavy atom. The monoisotopic (exact) mass is 185 g/mol. The molecule has 1 aliphatic rings. The number of aromatic nitrogens is 2. The van der Waals surface area contributed by atoms with Crippen LogP contribution in [0.15, 0.2) is 10.6 Å². The van der Waals surface area contributed by atoms with E-state index in [1.54, 1.807) is 17.3 Å². The molecule has 0 saturated heterocycles. The Balaban J connectivity index is 2.23. The first-order valence-electron chi connectivity index (χ1n) is 3.04. The first-order chi connectivity index (χ1) is 5.38. The van der Waals surface area contributed by atoms with Crippen LogP contribution in [0.2, 0.25) is 0 Å². The maximum absolute atomic E-state index is 4.01. The molecule has 0 saturated carbocycles. The van der Waals surface area contributed by atoms with E-state index in [4.69, 9.17) is 0 Å². The van der Waals surface area contributed by atoms with Gasteiger partial charge in [-0.25, -0.2) is 5.01 Å². The number of rotatable bonds is 1. The van der Waals surface area contributed by atoms with Crippen molar-refractivity contribution in [2.24, 2.45) is 5.10 Å². The van der Waals surface area contributed by atoms with Crippen molar-refractivity contribution < 1.29 is 0 Å². The molecule has 2 rings (SSSR count). The fraction of sp³-hybridized carbons (Fsp3) is 0.400. The Morgan fingerprint density at radius 3 is 3.18 bits per heavy atom. The fourth-order valence-corrected chi connectivity index (χ4v) is 1.93. The molecule has 0 fully saturated rings. The molecular weight excluding hydrogens is 180 g/mol. The summed E-state index contributed by atoms with van der Waals surface area (Å²) in [5, 5.41) is 14.6. The van der Waals surface area contributed by atoms with Crippen LogP contribution in [0.1, 0.15) is 6.92 Å². The van der Waals surface area contributed by atoms with Crippen LogP contribution in [0.5, 0.6) is 0 Å². The highest BCUT2D eigenvalue weighted by Crippen LogP contribution is 2.27. The van der Waals surface area contributed by atoms with Crippen LogP contribution >= 0.6 is 23.1 Å². The molecule has 6 heteroatoms. The van der Waals surface area contributed by atoms with Crippen molar-refractivity contribution in [3.05, 3.63) is 5.51 Å². The zero-order valence-corrected chi connectivity index (χ0v) is 7.39. The molecule has 0 bridgehead atoms. The summed E-state index contributed by atoms with van der Waals surface area (Å²) in [6.07, 6.45) is 0. The highest BCUT2D eigenvalue weighted by atomic mass is 32.2. The lowest BCUT2D eigenvalue weighted by atomic mass is 10.7. The Hall–Kier alpha value is -0.620. The number of hydrogen-bond donors (Lipinski definition) is 0. The van der Waals surface area contributed by atoms with Crippen molar-refractivity contribution in [2.75, 3.05) is 5.01 Å². The summed E-state index contributed by atoms with van der Waals surface area (Å²) >= 11 is 3.03. The topological polar surface area (TPSA) is 41.4 Å². The zero-order valence-electron chi connectivity index (χ0n) is 5.76. The minimum atomic E-state index is 0.294.